The summed E-state index contributed by atoms with van der Waals surface area (Å²) in [5, 5.41) is 6.62. The molecule has 7 heteroatoms. The van der Waals surface area contributed by atoms with Gasteiger partial charge in [0.2, 0.25) is 5.91 Å². The molecule has 3 fully saturated rings. The van der Waals surface area contributed by atoms with Gasteiger partial charge in [-0.15, -0.1) is 12.4 Å². The van der Waals surface area contributed by atoms with Crippen LogP contribution < -0.4 is 10.6 Å². The zero-order valence-corrected chi connectivity index (χ0v) is 18.2. The minimum atomic E-state index is -0.106. The van der Waals surface area contributed by atoms with Crippen LogP contribution in [0.25, 0.3) is 0 Å². The zero-order chi connectivity index (χ0) is 19.7. The Hall–Kier alpha value is -1.79. The Kier molecular flexibility index (Phi) is 7.06. The Balaban J connectivity index is 0.00000240. The van der Waals surface area contributed by atoms with Crippen LogP contribution in [0.3, 0.4) is 0 Å². The molecule has 1 aromatic carbocycles. The number of carbonyl (C=O) groups is 2. The first-order valence-corrected chi connectivity index (χ1v) is 10.6. The third-order valence-electron chi connectivity index (χ3n) is 6.67. The van der Waals surface area contributed by atoms with Crippen molar-refractivity contribution in [2.75, 3.05) is 25.5 Å². The highest BCUT2D eigenvalue weighted by Crippen LogP contribution is 2.30. The van der Waals surface area contributed by atoms with Gasteiger partial charge in [0.15, 0.2) is 0 Å². The number of hydrogen-bond acceptors (Lipinski definition) is 3. The van der Waals surface area contributed by atoms with Crippen LogP contribution in [0.4, 0.5) is 10.5 Å². The Morgan fingerprint density at radius 2 is 1.90 bits per heavy atom. The molecule has 160 valence electrons. The fraction of sp³-hybridized carbons (Fsp3) is 0.636. The topological polar surface area (TPSA) is 64.7 Å². The van der Waals surface area contributed by atoms with Crippen molar-refractivity contribution in [3.05, 3.63) is 29.8 Å². The highest BCUT2D eigenvalue weighted by atomic mass is 35.5. The van der Waals surface area contributed by atoms with Gasteiger partial charge < -0.3 is 20.4 Å². The molecular weight excluding hydrogens is 388 g/mol. The maximum Gasteiger partial charge on any atom is 0.321 e. The number of benzene rings is 1. The molecule has 0 saturated carbocycles. The van der Waals surface area contributed by atoms with E-state index in [2.05, 4.69) is 10.6 Å². The third-order valence-corrected chi connectivity index (χ3v) is 6.67. The number of urea groups is 1. The van der Waals surface area contributed by atoms with Crippen LogP contribution in [0.15, 0.2) is 24.3 Å². The fourth-order valence-electron chi connectivity index (χ4n) is 5.10. The van der Waals surface area contributed by atoms with Crippen LogP contribution in [0.5, 0.6) is 0 Å². The van der Waals surface area contributed by atoms with E-state index in [1.54, 1.807) is 4.90 Å². The number of nitrogens with zero attached hydrogens (tertiary/aromatic N) is 2. The number of likely N-dealkylation sites (tertiary alicyclic amines) is 1. The fourth-order valence-corrected chi connectivity index (χ4v) is 5.10. The first-order valence-electron chi connectivity index (χ1n) is 10.6. The van der Waals surface area contributed by atoms with Crippen LogP contribution in [-0.4, -0.2) is 60.0 Å². The molecule has 4 rings (SSSR count). The number of halogens is 1. The first kappa shape index (κ1) is 21.9. The van der Waals surface area contributed by atoms with Crippen molar-refractivity contribution in [1.82, 2.24) is 15.1 Å². The lowest BCUT2D eigenvalue weighted by molar-refractivity contribution is -0.138. The smallest absolute Gasteiger partial charge is 0.321 e. The molecule has 3 aliphatic heterocycles. The quantitative estimate of drug-likeness (QED) is 0.787. The maximum absolute atomic E-state index is 13.1. The predicted molar refractivity (Wildman–Crippen MR) is 117 cm³/mol. The minimum Gasteiger partial charge on any atom is -0.342 e. The van der Waals surface area contributed by atoms with E-state index in [4.69, 9.17) is 0 Å². The summed E-state index contributed by atoms with van der Waals surface area (Å²) in [7, 11) is 1.96. The van der Waals surface area contributed by atoms with E-state index >= 15 is 0 Å². The Bertz CT molecular complexity index is 731. The van der Waals surface area contributed by atoms with Crippen LogP contribution >= 0.6 is 12.4 Å². The molecule has 3 aliphatic rings. The monoisotopic (exact) mass is 420 g/mol. The Labute approximate surface area is 179 Å². The molecule has 2 N–H and O–H groups in total. The van der Waals surface area contributed by atoms with Gasteiger partial charge in [-0.3, -0.25) is 4.79 Å². The van der Waals surface area contributed by atoms with Gasteiger partial charge in [-0.25, -0.2) is 4.79 Å². The van der Waals surface area contributed by atoms with Crippen molar-refractivity contribution < 1.29 is 9.59 Å². The summed E-state index contributed by atoms with van der Waals surface area (Å²) >= 11 is 0. The van der Waals surface area contributed by atoms with Gasteiger partial charge in [0.05, 0.1) is 5.92 Å². The first-order chi connectivity index (χ1) is 13.5. The van der Waals surface area contributed by atoms with E-state index in [0.717, 1.165) is 36.9 Å². The van der Waals surface area contributed by atoms with Crippen molar-refractivity contribution in [3.8, 4) is 0 Å². The van der Waals surface area contributed by atoms with Crippen molar-refractivity contribution in [3.63, 3.8) is 0 Å². The number of aryl methyl sites for hydroxylation is 1. The average molecular weight is 421 g/mol. The van der Waals surface area contributed by atoms with Crippen LogP contribution in [-0.2, 0) is 4.79 Å². The number of amides is 3. The molecule has 0 aromatic heterocycles. The molecule has 3 amide bonds. The van der Waals surface area contributed by atoms with Crippen molar-refractivity contribution in [2.24, 2.45) is 5.92 Å². The number of hydrogen-bond donors (Lipinski definition) is 2. The maximum atomic E-state index is 13.1. The minimum absolute atomic E-state index is 0. The summed E-state index contributed by atoms with van der Waals surface area (Å²) in [5.41, 5.74) is 1.92. The van der Waals surface area contributed by atoms with E-state index < -0.39 is 0 Å². The number of nitrogens with one attached hydrogen (secondary N) is 2. The SMILES string of the molecule is Cc1cccc(NC(=O)N2CCCC(C(=O)N(C)C3CC4CCC(C3)N4)C2)c1.Cl. The summed E-state index contributed by atoms with van der Waals surface area (Å²) < 4.78 is 0. The van der Waals surface area contributed by atoms with Gasteiger partial charge in [-0.1, -0.05) is 12.1 Å². The highest BCUT2D eigenvalue weighted by molar-refractivity contribution is 5.90. The molecule has 0 radical (unpaired) electrons. The van der Waals surface area contributed by atoms with Gasteiger partial charge in [0.1, 0.15) is 0 Å². The van der Waals surface area contributed by atoms with Crippen LogP contribution in [0.2, 0.25) is 0 Å². The second-order valence-electron chi connectivity index (χ2n) is 8.80. The van der Waals surface area contributed by atoms with E-state index in [1.165, 1.54) is 12.8 Å². The Morgan fingerprint density at radius 1 is 1.17 bits per heavy atom. The second-order valence-corrected chi connectivity index (χ2v) is 8.80. The summed E-state index contributed by atoms with van der Waals surface area (Å²) in [6.07, 6.45) is 6.34. The largest absolute Gasteiger partial charge is 0.342 e. The molecule has 29 heavy (non-hydrogen) atoms. The molecule has 0 aliphatic carbocycles. The summed E-state index contributed by atoms with van der Waals surface area (Å²) in [4.78, 5) is 29.6. The molecule has 2 bridgehead atoms. The molecule has 1 aromatic rings. The summed E-state index contributed by atoms with van der Waals surface area (Å²) in [6.45, 7) is 3.23. The lowest BCUT2D eigenvalue weighted by atomic mass is 9.93. The molecule has 3 heterocycles. The van der Waals surface area contributed by atoms with E-state index in [9.17, 15) is 9.59 Å². The number of piperidine rings is 2. The number of anilines is 1. The molecule has 3 saturated heterocycles. The normalized spacial score (nSPS) is 28.4. The molecular formula is C22H33ClN4O2. The number of fused-ring (bicyclic) bond motifs is 2. The van der Waals surface area contributed by atoms with Crippen molar-refractivity contribution in [1.29, 1.82) is 0 Å². The van der Waals surface area contributed by atoms with Gasteiger partial charge in [-0.05, 0) is 63.1 Å². The number of carbonyl (C=O) groups excluding carboxylic acids is 2. The summed E-state index contributed by atoms with van der Waals surface area (Å²) in [5.74, 6) is 0.119. The lowest BCUT2D eigenvalue weighted by Crippen LogP contribution is -2.52. The lowest BCUT2D eigenvalue weighted by Gasteiger charge is -2.39. The number of rotatable bonds is 3. The van der Waals surface area contributed by atoms with Crippen molar-refractivity contribution >= 4 is 30.0 Å². The van der Waals surface area contributed by atoms with E-state index in [1.807, 2.05) is 43.1 Å². The van der Waals surface area contributed by atoms with Gasteiger partial charge in [0.25, 0.3) is 0 Å². The highest BCUT2D eigenvalue weighted by Gasteiger charge is 2.38. The summed E-state index contributed by atoms with van der Waals surface area (Å²) in [6, 6.07) is 9.18. The van der Waals surface area contributed by atoms with E-state index in [0.29, 0.717) is 31.2 Å². The van der Waals surface area contributed by atoms with Gasteiger partial charge in [-0.2, -0.15) is 0 Å². The van der Waals surface area contributed by atoms with Crippen LogP contribution in [0.1, 0.15) is 44.1 Å². The van der Waals surface area contributed by atoms with Gasteiger partial charge >= 0.3 is 6.03 Å². The van der Waals surface area contributed by atoms with Crippen molar-refractivity contribution in [2.45, 2.75) is 63.6 Å². The molecule has 0 spiro atoms. The third kappa shape index (κ3) is 5.04. The molecule has 6 nitrogen and oxygen atoms in total. The van der Waals surface area contributed by atoms with E-state index in [-0.39, 0.29) is 30.3 Å². The second kappa shape index (κ2) is 9.35. The molecule has 3 unspecified atom stereocenters. The Morgan fingerprint density at radius 3 is 2.59 bits per heavy atom. The average Bonchev–Trinajstić information content (AvgIpc) is 3.04. The standard InChI is InChI=1S/C22H32N4O2.ClH/c1-15-5-3-7-17(11-15)24-22(28)26-10-4-6-16(14-26)21(27)25(2)20-12-18-8-9-19(13-20)23-18;/h3,5,7,11,16,18-20,23H,4,6,8-10,12-14H2,1-2H3,(H,24,28);1H. The molecule has 3 atom stereocenters. The van der Waals surface area contributed by atoms with Crippen LogP contribution in [0, 0.1) is 12.8 Å². The van der Waals surface area contributed by atoms with Gasteiger partial charge in [0, 0.05) is 44.0 Å². The predicted octanol–water partition coefficient (Wildman–Crippen LogP) is 3.40. The zero-order valence-electron chi connectivity index (χ0n) is 17.4.